The van der Waals surface area contributed by atoms with Gasteiger partial charge in [-0.1, -0.05) is 12.8 Å². The van der Waals surface area contributed by atoms with Gasteiger partial charge in [0.1, 0.15) is 0 Å². The van der Waals surface area contributed by atoms with Crippen LogP contribution in [0.4, 0.5) is 0 Å². The minimum atomic E-state index is 0.0182. The molecule has 2 rings (SSSR count). The molecule has 1 aromatic rings. The molecule has 1 fully saturated rings. The Morgan fingerprint density at radius 2 is 2.12 bits per heavy atom. The van der Waals surface area contributed by atoms with Crippen molar-refractivity contribution in [1.82, 2.24) is 5.32 Å². The van der Waals surface area contributed by atoms with Crippen molar-refractivity contribution in [1.29, 1.82) is 0 Å². The average Bonchev–Trinajstić information content (AvgIpc) is 2.91. The van der Waals surface area contributed by atoms with E-state index < -0.39 is 0 Å². The Morgan fingerprint density at radius 1 is 1.44 bits per heavy atom. The van der Waals surface area contributed by atoms with E-state index in [-0.39, 0.29) is 5.60 Å². The molecule has 0 amide bonds. The molecule has 1 aliphatic rings. The standard InChI is InChI=1S/C13H21NOS/c1-10-6-9-16-11(10)12(14-2)13(15-3)7-4-5-8-13/h6,9,12,14H,4-5,7-8H2,1-3H3. The third-order valence-electron chi connectivity index (χ3n) is 3.84. The monoisotopic (exact) mass is 239 g/mol. The molecule has 1 aromatic heterocycles. The molecule has 1 aliphatic carbocycles. The second kappa shape index (κ2) is 4.86. The first-order valence-corrected chi connectivity index (χ1v) is 6.88. The molecule has 0 aromatic carbocycles. The number of thiophene rings is 1. The molecule has 16 heavy (non-hydrogen) atoms. The number of methoxy groups -OCH3 is 1. The van der Waals surface area contributed by atoms with Gasteiger partial charge in [0, 0.05) is 12.0 Å². The Bertz CT molecular complexity index is 341. The van der Waals surface area contributed by atoms with Crippen molar-refractivity contribution in [3.05, 3.63) is 21.9 Å². The third-order valence-corrected chi connectivity index (χ3v) is 4.92. The van der Waals surface area contributed by atoms with Crippen LogP contribution in [0.1, 0.15) is 42.2 Å². The van der Waals surface area contributed by atoms with Crippen molar-refractivity contribution < 1.29 is 4.74 Å². The van der Waals surface area contributed by atoms with Crippen molar-refractivity contribution in [3.63, 3.8) is 0 Å². The Balaban J connectivity index is 2.31. The van der Waals surface area contributed by atoms with E-state index >= 15 is 0 Å². The Labute approximate surface area is 102 Å². The molecule has 0 bridgehead atoms. The largest absolute Gasteiger partial charge is 0.376 e. The molecule has 3 heteroatoms. The van der Waals surface area contributed by atoms with Crippen LogP contribution in [0.5, 0.6) is 0 Å². The van der Waals surface area contributed by atoms with Gasteiger partial charge in [-0.25, -0.2) is 0 Å². The molecule has 0 radical (unpaired) electrons. The van der Waals surface area contributed by atoms with Crippen LogP contribution >= 0.6 is 11.3 Å². The fourth-order valence-corrected chi connectivity index (χ4v) is 4.04. The van der Waals surface area contributed by atoms with E-state index in [1.54, 1.807) is 0 Å². The van der Waals surface area contributed by atoms with Gasteiger partial charge >= 0.3 is 0 Å². The van der Waals surface area contributed by atoms with Crippen LogP contribution < -0.4 is 5.32 Å². The molecule has 1 saturated carbocycles. The van der Waals surface area contributed by atoms with E-state index in [1.165, 1.54) is 36.1 Å². The number of hydrogen-bond acceptors (Lipinski definition) is 3. The minimum Gasteiger partial charge on any atom is -0.376 e. The van der Waals surface area contributed by atoms with Crippen molar-refractivity contribution in [2.24, 2.45) is 0 Å². The molecule has 0 spiro atoms. The number of rotatable bonds is 4. The van der Waals surface area contributed by atoms with Crippen LogP contribution in [0.3, 0.4) is 0 Å². The normalized spacial score (nSPS) is 21.2. The lowest BCUT2D eigenvalue weighted by atomic mass is 9.89. The molecule has 1 heterocycles. The maximum absolute atomic E-state index is 5.87. The molecule has 1 N–H and O–H groups in total. The number of aryl methyl sites for hydroxylation is 1. The zero-order chi connectivity index (χ0) is 11.6. The van der Waals surface area contributed by atoms with Gasteiger partial charge in [-0.05, 0) is 43.8 Å². The van der Waals surface area contributed by atoms with E-state index in [9.17, 15) is 0 Å². The van der Waals surface area contributed by atoms with Crippen molar-refractivity contribution in [3.8, 4) is 0 Å². The first-order valence-electron chi connectivity index (χ1n) is 6.00. The van der Waals surface area contributed by atoms with Crippen LogP contribution in [-0.2, 0) is 4.74 Å². The lowest BCUT2D eigenvalue weighted by Gasteiger charge is -2.36. The summed E-state index contributed by atoms with van der Waals surface area (Å²) in [4.78, 5) is 1.44. The summed E-state index contributed by atoms with van der Waals surface area (Å²) in [5.74, 6) is 0. The Morgan fingerprint density at radius 3 is 2.56 bits per heavy atom. The average molecular weight is 239 g/mol. The third kappa shape index (κ3) is 1.92. The summed E-state index contributed by atoms with van der Waals surface area (Å²) in [6, 6.07) is 2.54. The molecule has 0 saturated heterocycles. The fraction of sp³-hybridized carbons (Fsp3) is 0.692. The summed E-state index contributed by atoms with van der Waals surface area (Å²) in [6.45, 7) is 2.19. The molecule has 90 valence electrons. The highest BCUT2D eigenvalue weighted by atomic mass is 32.1. The van der Waals surface area contributed by atoms with Gasteiger partial charge in [0.25, 0.3) is 0 Å². The van der Waals surface area contributed by atoms with Gasteiger partial charge in [0.15, 0.2) is 0 Å². The topological polar surface area (TPSA) is 21.3 Å². The molecule has 2 nitrogen and oxygen atoms in total. The van der Waals surface area contributed by atoms with Crippen molar-refractivity contribution >= 4 is 11.3 Å². The fourth-order valence-electron chi connectivity index (χ4n) is 2.90. The van der Waals surface area contributed by atoms with E-state index in [2.05, 4.69) is 23.7 Å². The van der Waals surface area contributed by atoms with Gasteiger partial charge < -0.3 is 10.1 Å². The number of likely N-dealkylation sites (N-methyl/N-ethyl adjacent to an activating group) is 1. The maximum atomic E-state index is 5.87. The van der Waals surface area contributed by atoms with Gasteiger partial charge in [-0.3, -0.25) is 0 Å². The predicted molar refractivity (Wildman–Crippen MR) is 69.1 cm³/mol. The van der Waals surface area contributed by atoms with E-state index in [0.717, 1.165) is 0 Å². The second-order valence-corrected chi connectivity index (χ2v) is 5.61. The number of hydrogen-bond donors (Lipinski definition) is 1. The van der Waals surface area contributed by atoms with Gasteiger partial charge in [0.2, 0.25) is 0 Å². The van der Waals surface area contributed by atoms with Crippen molar-refractivity contribution in [2.75, 3.05) is 14.2 Å². The summed E-state index contributed by atoms with van der Waals surface area (Å²) in [7, 11) is 3.90. The summed E-state index contributed by atoms with van der Waals surface area (Å²) in [5, 5.41) is 5.64. The molecule has 1 unspecified atom stereocenters. The highest BCUT2D eigenvalue weighted by Crippen LogP contribution is 2.44. The van der Waals surface area contributed by atoms with Gasteiger partial charge in [-0.15, -0.1) is 11.3 Å². The molecule has 0 aliphatic heterocycles. The Hall–Kier alpha value is -0.380. The van der Waals surface area contributed by atoms with Crippen LogP contribution in [0.25, 0.3) is 0 Å². The number of nitrogens with one attached hydrogen (secondary N) is 1. The van der Waals surface area contributed by atoms with E-state index in [4.69, 9.17) is 4.74 Å². The molecule has 1 atom stereocenters. The molecular weight excluding hydrogens is 218 g/mol. The van der Waals surface area contributed by atoms with Crippen LogP contribution in [0.15, 0.2) is 11.4 Å². The van der Waals surface area contributed by atoms with Crippen LogP contribution in [0, 0.1) is 6.92 Å². The molecular formula is C13H21NOS. The van der Waals surface area contributed by atoms with Gasteiger partial charge in [0.05, 0.1) is 11.6 Å². The quantitative estimate of drug-likeness (QED) is 0.870. The summed E-state index contributed by atoms with van der Waals surface area (Å²) in [5.41, 5.74) is 1.40. The zero-order valence-corrected chi connectivity index (χ0v) is 11.2. The second-order valence-electron chi connectivity index (χ2n) is 4.67. The predicted octanol–water partition coefficient (Wildman–Crippen LogP) is 3.28. The van der Waals surface area contributed by atoms with E-state index in [0.29, 0.717) is 6.04 Å². The highest BCUT2D eigenvalue weighted by Gasteiger charge is 2.42. The SMILES string of the molecule is CNC(c1sccc1C)C1(OC)CCCC1. The summed E-state index contributed by atoms with van der Waals surface area (Å²) >= 11 is 1.84. The van der Waals surface area contributed by atoms with Crippen molar-refractivity contribution in [2.45, 2.75) is 44.2 Å². The van der Waals surface area contributed by atoms with Crippen LogP contribution in [0.2, 0.25) is 0 Å². The smallest absolute Gasteiger partial charge is 0.0880 e. The van der Waals surface area contributed by atoms with Crippen LogP contribution in [-0.4, -0.2) is 19.8 Å². The first kappa shape index (κ1) is 12.1. The highest BCUT2D eigenvalue weighted by molar-refractivity contribution is 7.10. The van der Waals surface area contributed by atoms with E-state index in [1.807, 2.05) is 25.5 Å². The zero-order valence-electron chi connectivity index (χ0n) is 10.4. The Kier molecular flexibility index (Phi) is 3.67. The summed E-state index contributed by atoms with van der Waals surface area (Å²) < 4.78 is 5.87. The van der Waals surface area contributed by atoms with Gasteiger partial charge in [-0.2, -0.15) is 0 Å². The lowest BCUT2D eigenvalue weighted by Crippen LogP contribution is -2.42. The minimum absolute atomic E-state index is 0.0182. The summed E-state index contributed by atoms with van der Waals surface area (Å²) in [6.07, 6.45) is 4.92. The first-order chi connectivity index (χ1) is 7.73. The number of ether oxygens (including phenoxy) is 1. The maximum Gasteiger partial charge on any atom is 0.0880 e. The lowest BCUT2D eigenvalue weighted by molar-refractivity contribution is -0.0341.